The van der Waals surface area contributed by atoms with E-state index in [1.165, 1.54) is 4.88 Å². The average Bonchev–Trinajstić information content (AvgIpc) is 2.60. The fourth-order valence-corrected chi connectivity index (χ4v) is 3.03. The average molecular weight is 270 g/mol. The summed E-state index contributed by atoms with van der Waals surface area (Å²) in [5.41, 5.74) is 1.07. The standard InChI is InChI=1S/C12H18N2O3S/c1-8-9(2)18-11(13-8)6-14-3-4-17-7-10(14)5-12(15)16/h10H,3-7H2,1-2H3,(H,15,16). The number of carbonyl (C=O) groups is 1. The first kappa shape index (κ1) is 13.5. The van der Waals surface area contributed by atoms with E-state index in [2.05, 4.69) is 16.8 Å². The molecule has 2 heterocycles. The Labute approximate surface area is 110 Å². The van der Waals surface area contributed by atoms with Crippen LogP contribution >= 0.6 is 11.3 Å². The molecule has 1 unspecified atom stereocenters. The van der Waals surface area contributed by atoms with E-state index >= 15 is 0 Å². The monoisotopic (exact) mass is 270 g/mol. The Bertz CT molecular complexity index is 413. The summed E-state index contributed by atoms with van der Waals surface area (Å²) in [7, 11) is 0. The van der Waals surface area contributed by atoms with Crippen LogP contribution in [0.5, 0.6) is 0 Å². The molecular formula is C12H18N2O3S. The molecule has 18 heavy (non-hydrogen) atoms. The number of ether oxygens (including phenoxy) is 1. The molecule has 0 aromatic carbocycles. The lowest BCUT2D eigenvalue weighted by Crippen LogP contribution is -2.45. The van der Waals surface area contributed by atoms with Crippen LogP contribution in [0.2, 0.25) is 0 Å². The first-order valence-electron chi connectivity index (χ1n) is 6.02. The van der Waals surface area contributed by atoms with Gasteiger partial charge in [-0.25, -0.2) is 4.98 Å². The van der Waals surface area contributed by atoms with E-state index in [0.717, 1.165) is 23.8 Å². The number of hydrogen-bond donors (Lipinski definition) is 1. The van der Waals surface area contributed by atoms with Crippen LogP contribution in [-0.4, -0.2) is 46.8 Å². The highest BCUT2D eigenvalue weighted by atomic mass is 32.1. The number of aromatic nitrogens is 1. The quantitative estimate of drug-likeness (QED) is 0.897. The predicted molar refractivity (Wildman–Crippen MR) is 68.9 cm³/mol. The minimum atomic E-state index is -0.776. The molecular weight excluding hydrogens is 252 g/mol. The Hall–Kier alpha value is -0.980. The van der Waals surface area contributed by atoms with Gasteiger partial charge in [0.1, 0.15) is 5.01 Å². The summed E-state index contributed by atoms with van der Waals surface area (Å²) in [6.07, 6.45) is 0.128. The van der Waals surface area contributed by atoms with Crippen LogP contribution in [0, 0.1) is 13.8 Å². The second-order valence-electron chi connectivity index (χ2n) is 4.55. The summed E-state index contributed by atoms with van der Waals surface area (Å²) in [4.78, 5) is 18.7. The van der Waals surface area contributed by atoms with Gasteiger partial charge in [0, 0.05) is 17.5 Å². The summed E-state index contributed by atoms with van der Waals surface area (Å²) in [6.45, 7) is 6.72. The lowest BCUT2D eigenvalue weighted by atomic mass is 10.1. The van der Waals surface area contributed by atoms with Gasteiger partial charge in [0.15, 0.2) is 0 Å². The SMILES string of the molecule is Cc1nc(CN2CCOCC2CC(=O)O)sc1C. The van der Waals surface area contributed by atoms with Gasteiger partial charge >= 0.3 is 5.97 Å². The van der Waals surface area contributed by atoms with Crippen molar-refractivity contribution < 1.29 is 14.6 Å². The van der Waals surface area contributed by atoms with Gasteiger partial charge in [-0.1, -0.05) is 0 Å². The second-order valence-corrected chi connectivity index (χ2v) is 5.83. The number of hydrogen-bond acceptors (Lipinski definition) is 5. The van der Waals surface area contributed by atoms with Gasteiger partial charge in [-0.3, -0.25) is 9.69 Å². The Balaban J connectivity index is 2.02. The number of aryl methyl sites for hydroxylation is 2. The minimum absolute atomic E-state index is 0.0410. The maximum Gasteiger partial charge on any atom is 0.305 e. The lowest BCUT2D eigenvalue weighted by Gasteiger charge is -2.34. The summed E-state index contributed by atoms with van der Waals surface area (Å²) in [6, 6.07) is -0.0410. The highest BCUT2D eigenvalue weighted by Gasteiger charge is 2.26. The van der Waals surface area contributed by atoms with Crippen molar-refractivity contribution in [2.75, 3.05) is 19.8 Å². The number of rotatable bonds is 4. The number of carboxylic acids is 1. The molecule has 1 N–H and O–H groups in total. The van der Waals surface area contributed by atoms with Gasteiger partial charge in [0.05, 0.1) is 31.9 Å². The molecule has 0 saturated carbocycles. The minimum Gasteiger partial charge on any atom is -0.481 e. The molecule has 1 aromatic heterocycles. The lowest BCUT2D eigenvalue weighted by molar-refractivity contribution is -0.140. The second kappa shape index (κ2) is 5.77. The summed E-state index contributed by atoms with van der Waals surface area (Å²) >= 11 is 1.69. The first-order chi connectivity index (χ1) is 8.56. The van der Waals surface area contributed by atoms with Gasteiger partial charge in [0.25, 0.3) is 0 Å². The molecule has 0 bridgehead atoms. The molecule has 1 aliphatic rings. The fourth-order valence-electron chi connectivity index (χ4n) is 2.07. The molecule has 5 nitrogen and oxygen atoms in total. The van der Waals surface area contributed by atoms with Crippen LogP contribution < -0.4 is 0 Å². The Morgan fingerprint density at radius 1 is 1.61 bits per heavy atom. The van der Waals surface area contributed by atoms with Crippen molar-refractivity contribution in [1.82, 2.24) is 9.88 Å². The topological polar surface area (TPSA) is 62.7 Å². The molecule has 0 aliphatic carbocycles. The molecule has 1 saturated heterocycles. The fraction of sp³-hybridized carbons (Fsp3) is 0.667. The van der Waals surface area contributed by atoms with E-state index in [4.69, 9.17) is 9.84 Å². The van der Waals surface area contributed by atoms with E-state index < -0.39 is 5.97 Å². The molecule has 6 heteroatoms. The van der Waals surface area contributed by atoms with Gasteiger partial charge in [0.2, 0.25) is 0 Å². The molecule has 1 atom stereocenters. The maximum absolute atomic E-state index is 10.8. The number of thiazole rings is 1. The van der Waals surface area contributed by atoms with E-state index in [9.17, 15) is 4.79 Å². The maximum atomic E-state index is 10.8. The van der Waals surface area contributed by atoms with E-state index in [-0.39, 0.29) is 12.5 Å². The highest BCUT2D eigenvalue weighted by Crippen LogP contribution is 2.21. The van der Waals surface area contributed by atoms with Gasteiger partial charge < -0.3 is 9.84 Å². The van der Waals surface area contributed by atoms with Crippen molar-refractivity contribution >= 4 is 17.3 Å². The zero-order valence-electron chi connectivity index (χ0n) is 10.7. The van der Waals surface area contributed by atoms with Gasteiger partial charge in [-0.2, -0.15) is 0 Å². The van der Waals surface area contributed by atoms with Crippen LogP contribution in [0.15, 0.2) is 0 Å². The molecule has 0 amide bonds. The zero-order chi connectivity index (χ0) is 13.1. The van der Waals surface area contributed by atoms with Crippen molar-refractivity contribution in [2.24, 2.45) is 0 Å². The Kier molecular flexibility index (Phi) is 4.31. The molecule has 1 fully saturated rings. The van der Waals surface area contributed by atoms with Crippen LogP contribution in [0.4, 0.5) is 0 Å². The number of aliphatic carboxylic acids is 1. The molecule has 2 rings (SSSR count). The normalized spacial score (nSPS) is 21.1. The van der Waals surface area contributed by atoms with Crippen molar-refractivity contribution in [3.8, 4) is 0 Å². The Morgan fingerprint density at radius 2 is 2.39 bits per heavy atom. The predicted octanol–water partition coefficient (Wildman–Crippen LogP) is 1.44. The Morgan fingerprint density at radius 3 is 3.00 bits per heavy atom. The van der Waals surface area contributed by atoms with Crippen molar-refractivity contribution in [1.29, 1.82) is 0 Å². The summed E-state index contributed by atoms with van der Waals surface area (Å²) < 4.78 is 5.36. The highest BCUT2D eigenvalue weighted by molar-refractivity contribution is 7.11. The third kappa shape index (κ3) is 3.28. The molecule has 100 valence electrons. The van der Waals surface area contributed by atoms with Crippen LogP contribution in [0.1, 0.15) is 22.0 Å². The smallest absolute Gasteiger partial charge is 0.305 e. The van der Waals surface area contributed by atoms with Gasteiger partial charge in [-0.05, 0) is 13.8 Å². The van der Waals surface area contributed by atoms with Crippen molar-refractivity contribution in [2.45, 2.75) is 32.9 Å². The largest absolute Gasteiger partial charge is 0.481 e. The van der Waals surface area contributed by atoms with Gasteiger partial charge in [-0.15, -0.1) is 11.3 Å². The third-order valence-electron chi connectivity index (χ3n) is 3.17. The molecule has 1 aromatic rings. The number of carboxylic acid groups (broad SMARTS) is 1. The van der Waals surface area contributed by atoms with E-state index in [1.54, 1.807) is 11.3 Å². The van der Waals surface area contributed by atoms with E-state index in [0.29, 0.717) is 13.2 Å². The summed E-state index contributed by atoms with van der Waals surface area (Å²) in [5, 5.41) is 9.96. The molecule has 0 spiro atoms. The van der Waals surface area contributed by atoms with E-state index in [1.807, 2.05) is 6.92 Å². The van der Waals surface area contributed by atoms with Crippen LogP contribution in [0.3, 0.4) is 0 Å². The molecule has 0 radical (unpaired) electrons. The van der Waals surface area contributed by atoms with Crippen molar-refractivity contribution in [3.63, 3.8) is 0 Å². The zero-order valence-corrected chi connectivity index (χ0v) is 11.5. The third-order valence-corrected chi connectivity index (χ3v) is 4.23. The van der Waals surface area contributed by atoms with Crippen molar-refractivity contribution in [3.05, 3.63) is 15.6 Å². The molecule has 1 aliphatic heterocycles. The first-order valence-corrected chi connectivity index (χ1v) is 6.84. The van der Waals surface area contributed by atoms with Crippen LogP contribution in [0.25, 0.3) is 0 Å². The summed E-state index contributed by atoms with van der Waals surface area (Å²) in [5.74, 6) is -0.776. The number of nitrogens with zero attached hydrogens (tertiary/aromatic N) is 2. The van der Waals surface area contributed by atoms with Crippen LogP contribution in [-0.2, 0) is 16.1 Å². The number of morpholine rings is 1.